The second-order valence-corrected chi connectivity index (χ2v) is 4.15. The van der Waals surface area contributed by atoms with Gasteiger partial charge in [0.05, 0.1) is 23.9 Å². The van der Waals surface area contributed by atoms with Crippen molar-refractivity contribution in [3.63, 3.8) is 0 Å². The van der Waals surface area contributed by atoms with Crippen molar-refractivity contribution < 1.29 is 9.47 Å². The van der Waals surface area contributed by atoms with E-state index in [1.54, 1.807) is 6.07 Å². The van der Waals surface area contributed by atoms with Crippen molar-refractivity contribution >= 4 is 17.3 Å². The number of benzene rings is 1. The third kappa shape index (κ3) is 2.36. The molecule has 0 spiro atoms. The first-order valence-electron chi connectivity index (χ1n) is 4.97. The fraction of sp³-hybridized carbons (Fsp3) is 0.455. The van der Waals surface area contributed by atoms with Gasteiger partial charge in [0.1, 0.15) is 11.9 Å². The van der Waals surface area contributed by atoms with Crippen LogP contribution >= 0.6 is 11.6 Å². The highest BCUT2D eigenvalue weighted by molar-refractivity contribution is 6.33. The molecule has 2 N–H and O–H groups in total. The number of anilines is 1. The van der Waals surface area contributed by atoms with Crippen LogP contribution in [-0.2, 0) is 4.74 Å². The summed E-state index contributed by atoms with van der Waals surface area (Å²) in [6.07, 6.45) is 1.07. The van der Waals surface area contributed by atoms with E-state index in [-0.39, 0.29) is 6.10 Å². The van der Waals surface area contributed by atoms with Crippen molar-refractivity contribution in [1.29, 1.82) is 0 Å². The zero-order valence-electron chi connectivity index (χ0n) is 8.63. The summed E-state index contributed by atoms with van der Waals surface area (Å²) in [6.45, 7) is 3.38. The summed E-state index contributed by atoms with van der Waals surface area (Å²) in [6, 6.07) is 3.60. The molecule has 0 saturated carbocycles. The number of ether oxygens (including phenoxy) is 2. The first kappa shape index (κ1) is 10.6. The van der Waals surface area contributed by atoms with Crippen molar-refractivity contribution in [3.05, 3.63) is 22.7 Å². The Hall–Kier alpha value is -0.930. The van der Waals surface area contributed by atoms with Crippen LogP contribution in [0.5, 0.6) is 5.75 Å². The minimum atomic E-state index is 0.142. The molecule has 1 heterocycles. The van der Waals surface area contributed by atoms with Crippen LogP contribution in [0.25, 0.3) is 0 Å². The molecule has 15 heavy (non-hydrogen) atoms. The molecule has 0 aliphatic carbocycles. The van der Waals surface area contributed by atoms with Crippen molar-refractivity contribution in [3.8, 4) is 5.75 Å². The predicted molar refractivity (Wildman–Crippen MR) is 60.5 cm³/mol. The molecule has 1 fully saturated rings. The molecule has 0 radical (unpaired) electrons. The van der Waals surface area contributed by atoms with Gasteiger partial charge in [-0.25, -0.2) is 0 Å². The normalized spacial score (nSPS) is 20.5. The molecule has 1 atom stereocenters. The Bertz CT molecular complexity index is 362. The molecule has 1 unspecified atom stereocenters. The largest absolute Gasteiger partial charge is 0.488 e. The molecule has 1 aliphatic rings. The Kier molecular flexibility index (Phi) is 3.03. The van der Waals surface area contributed by atoms with Gasteiger partial charge in [0, 0.05) is 12.5 Å². The van der Waals surface area contributed by atoms with Crippen LogP contribution in [0.2, 0.25) is 5.02 Å². The molecule has 0 amide bonds. The molecule has 3 nitrogen and oxygen atoms in total. The van der Waals surface area contributed by atoms with E-state index in [4.69, 9.17) is 26.8 Å². The van der Waals surface area contributed by atoms with E-state index in [0.717, 1.165) is 24.3 Å². The summed E-state index contributed by atoms with van der Waals surface area (Å²) in [5, 5.41) is 0.537. The number of nitrogen functional groups attached to an aromatic ring is 1. The van der Waals surface area contributed by atoms with Gasteiger partial charge < -0.3 is 15.2 Å². The van der Waals surface area contributed by atoms with Gasteiger partial charge >= 0.3 is 0 Å². The van der Waals surface area contributed by atoms with E-state index in [1.807, 2.05) is 13.0 Å². The third-order valence-corrected chi connectivity index (χ3v) is 2.80. The van der Waals surface area contributed by atoms with Gasteiger partial charge in [0.15, 0.2) is 0 Å². The Morgan fingerprint density at radius 3 is 3.00 bits per heavy atom. The van der Waals surface area contributed by atoms with Gasteiger partial charge in [-0.05, 0) is 18.6 Å². The number of hydrogen-bond acceptors (Lipinski definition) is 3. The topological polar surface area (TPSA) is 44.5 Å². The summed E-state index contributed by atoms with van der Waals surface area (Å²) in [5.41, 5.74) is 7.28. The number of rotatable bonds is 2. The Morgan fingerprint density at radius 2 is 2.33 bits per heavy atom. The van der Waals surface area contributed by atoms with Crippen LogP contribution in [0.4, 0.5) is 5.69 Å². The average Bonchev–Trinajstić information content (AvgIpc) is 2.67. The first-order valence-corrected chi connectivity index (χ1v) is 5.34. The second kappa shape index (κ2) is 4.29. The SMILES string of the molecule is Cc1cc(N)c(Cl)cc1OC1CCOC1. The molecular formula is C11H14ClNO2. The maximum Gasteiger partial charge on any atom is 0.124 e. The fourth-order valence-electron chi connectivity index (χ4n) is 1.60. The van der Waals surface area contributed by atoms with Crippen LogP contribution in [-0.4, -0.2) is 19.3 Å². The Balaban J connectivity index is 2.16. The lowest BCUT2D eigenvalue weighted by atomic mass is 10.2. The standard InChI is InChI=1S/C11H14ClNO2/c1-7-4-10(13)9(12)5-11(7)15-8-2-3-14-6-8/h4-5,8H,2-3,6,13H2,1H3. The van der Waals surface area contributed by atoms with E-state index >= 15 is 0 Å². The fourth-order valence-corrected chi connectivity index (χ4v) is 1.75. The summed E-state index contributed by atoms with van der Waals surface area (Å²) >= 11 is 5.94. The Morgan fingerprint density at radius 1 is 1.53 bits per heavy atom. The van der Waals surface area contributed by atoms with Gasteiger partial charge in [0.25, 0.3) is 0 Å². The van der Waals surface area contributed by atoms with Crippen molar-refractivity contribution in [2.24, 2.45) is 0 Å². The van der Waals surface area contributed by atoms with E-state index in [1.165, 1.54) is 0 Å². The van der Waals surface area contributed by atoms with Gasteiger partial charge in [-0.2, -0.15) is 0 Å². The highest BCUT2D eigenvalue weighted by Crippen LogP contribution is 2.29. The lowest BCUT2D eigenvalue weighted by Gasteiger charge is -2.15. The number of halogens is 1. The number of aryl methyl sites for hydroxylation is 1. The monoisotopic (exact) mass is 227 g/mol. The van der Waals surface area contributed by atoms with Gasteiger partial charge in [0.2, 0.25) is 0 Å². The minimum Gasteiger partial charge on any atom is -0.488 e. The molecule has 0 bridgehead atoms. The second-order valence-electron chi connectivity index (χ2n) is 3.74. The van der Waals surface area contributed by atoms with E-state index in [2.05, 4.69) is 0 Å². The van der Waals surface area contributed by atoms with Crippen LogP contribution in [0.1, 0.15) is 12.0 Å². The van der Waals surface area contributed by atoms with Crippen LogP contribution in [0.3, 0.4) is 0 Å². The number of nitrogens with two attached hydrogens (primary N) is 1. The molecule has 1 aliphatic heterocycles. The highest BCUT2D eigenvalue weighted by Gasteiger charge is 2.18. The summed E-state index contributed by atoms with van der Waals surface area (Å²) < 4.78 is 11.0. The van der Waals surface area contributed by atoms with E-state index in [9.17, 15) is 0 Å². The Labute approximate surface area is 94.1 Å². The van der Waals surface area contributed by atoms with Crippen LogP contribution in [0.15, 0.2) is 12.1 Å². The highest BCUT2D eigenvalue weighted by atomic mass is 35.5. The maximum absolute atomic E-state index is 5.94. The van der Waals surface area contributed by atoms with E-state index in [0.29, 0.717) is 17.3 Å². The molecule has 82 valence electrons. The molecule has 2 rings (SSSR count). The van der Waals surface area contributed by atoms with Crippen LogP contribution < -0.4 is 10.5 Å². The zero-order chi connectivity index (χ0) is 10.8. The van der Waals surface area contributed by atoms with E-state index < -0.39 is 0 Å². The summed E-state index contributed by atoms with van der Waals surface area (Å²) in [7, 11) is 0. The quantitative estimate of drug-likeness (QED) is 0.790. The van der Waals surface area contributed by atoms with Crippen molar-refractivity contribution in [2.45, 2.75) is 19.4 Å². The third-order valence-electron chi connectivity index (χ3n) is 2.48. The van der Waals surface area contributed by atoms with Gasteiger partial charge in [-0.1, -0.05) is 11.6 Å². The lowest BCUT2D eigenvalue weighted by molar-refractivity contribution is 0.141. The zero-order valence-corrected chi connectivity index (χ0v) is 9.38. The molecular weight excluding hydrogens is 214 g/mol. The van der Waals surface area contributed by atoms with Crippen molar-refractivity contribution in [2.75, 3.05) is 18.9 Å². The van der Waals surface area contributed by atoms with Gasteiger partial charge in [-0.3, -0.25) is 0 Å². The van der Waals surface area contributed by atoms with Crippen molar-refractivity contribution in [1.82, 2.24) is 0 Å². The lowest BCUT2D eigenvalue weighted by Crippen LogP contribution is -2.16. The summed E-state index contributed by atoms with van der Waals surface area (Å²) in [5.74, 6) is 0.796. The minimum absolute atomic E-state index is 0.142. The summed E-state index contributed by atoms with van der Waals surface area (Å²) in [4.78, 5) is 0. The molecule has 1 aromatic rings. The average molecular weight is 228 g/mol. The predicted octanol–water partition coefficient (Wildman–Crippen LogP) is 2.40. The van der Waals surface area contributed by atoms with Gasteiger partial charge in [-0.15, -0.1) is 0 Å². The molecule has 4 heteroatoms. The first-order chi connectivity index (χ1) is 7.16. The van der Waals surface area contributed by atoms with Crippen LogP contribution in [0, 0.1) is 6.92 Å². The molecule has 1 saturated heterocycles. The smallest absolute Gasteiger partial charge is 0.124 e. The number of hydrogen-bond donors (Lipinski definition) is 1. The molecule has 0 aromatic heterocycles. The molecule has 1 aromatic carbocycles. The maximum atomic E-state index is 5.94.